The molecule has 5 rings (SSSR count). The highest BCUT2D eigenvalue weighted by Gasteiger charge is 2.39. The van der Waals surface area contributed by atoms with Gasteiger partial charge in [0.2, 0.25) is 11.8 Å². The van der Waals surface area contributed by atoms with E-state index in [1.54, 1.807) is 11.0 Å². The second-order valence-corrected chi connectivity index (χ2v) is 9.75. The predicted octanol–water partition coefficient (Wildman–Crippen LogP) is 6.02. The van der Waals surface area contributed by atoms with Crippen molar-refractivity contribution in [3.05, 3.63) is 95.6 Å². The second kappa shape index (κ2) is 10.4. The van der Waals surface area contributed by atoms with Crippen LogP contribution < -0.4 is 5.32 Å². The first-order chi connectivity index (χ1) is 17.1. The molecule has 1 fully saturated rings. The standard InChI is InChI=1S/C27H23ClN4O2S/c28-21-11-5-7-13-23(21)31-27-32(15-14-18-17-29-22-12-6-4-10-20(18)22)26(34)24(35-27)16-25(33)30-19-8-2-1-3-9-19/h1-13,17,24,29H,14-16H2,(H,30,33)/t24-/m0/s1. The summed E-state index contributed by atoms with van der Waals surface area (Å²) >= 11 is 7.64. The Bertz CT molecular complexity index is 1400. The molecule has 2 N–H and O–H groups in total. The molecule has 1 aliphatic heterocycles. The van der Waals surface area contributed by atoms with Crippen molar-refractivity contribution in [2.24, 2.45) is 4.99 Å². The molecule has 4 aromatic rings. The van der Waals surface area contributed by atoms with E-state index in [0.717, 1.165) is 16.5 Å². The summed E-state index contributed by atoms with van der Waals surface area (Å²) < 4.78 is 0. The van der Waals surface area contributed by atoms with Gasteiger partial charge < -0.3 is 10.3 Å². The van der Waals surface area contributed by atoms with Crippen molar-refractivity contribution < 1.29 is 9.59 Å². The molecule has 1 aromatic heterocycles. The van der Waals surface area contributed by atoms with Crippen LogP contribution in [0.4, 0.5) is 11.4 Å². The lowest BCUT2D eigenvalue weighted by atomic mass is 10.1. The molecule has 0 bridgehead atoms. The maximum absolute atomic E-state index is 13.4. The Kier molecular flexibility index (Phi) is 6.88. The number of halogens is 1. The number of fused-ring (bicyclic) bond motifs is 1. The number of hydrogen-bond acceptors (Lipinski definition) is 4. The Hall–Kier alpha value is -3.55. The zero-order chi connectivity index (χ0) is 24.2. The van der Waals surface area contributed by atoms with Crippen LogP contribution in [0.25, 0.3) is 10.9 Å². The van der Waals surface area contributed by atoms with Crippen LogP contribution in [0, 0.1) is 0 Å². The quantitative estimate of drug-likeness (QED) is 0.324. The molecule has 0 unspecified atom stereocenters. The lowest BCUT2D eigenvalue weighted by molar-refractivity contribution is -0.128. The van der Waals surface area contributed by atoms with Gasteiger partial charge in [-0.05, 0) is 42.3 Å². The van der Waals surface area contributed by atoms with Crippen molar-refractivity contribution in [3.63, 3.8) is 0 Å². The highest BCUT2D eigenvalue weighted by molar-refractivity contribution is 8.15. The average molecular weight is 503 g/mol. The van der Waals surface area contributed by atoms with Gasteiger partial charge in [0.15, 0.2) is 5.17 Å². The molecule has 35 heavy (non-hydrogen) atoms. The van der Waals surface area contributed by atoms with Gasteiger partial charge in [-0.3, -0.25) is 14.5 Å². The van der Waals surface area contributed by atoms with Crippen molar-refractivity contribution in [1.29, 1.82) is 0 Å². The minimum atomic E-state index is -0.553. The van der Waals surface area contributed by atoms with Crippen molar-refractivity contribution >= 4 is 62.6 Å². The fourth-order valence-corrected chi connectivity index (χ4v) is 5.40. The number of carbonyl (C=O) groups is 2. The third kappa shape index (κ3) is 5.26. The van der Waals surface area contributed by atoms with E-state index < -0.39 is 5.25 Å². The van der Waals surface area contributed by atoms with Crippen molar-refractivity contribution in [3.8, 4) is 0 Å². The average Bonchev–Trinajstić information content (AvgIpc) is 3.40. The Morgan fingerprint density at radius 2 is 1.77 bits per heavy atom. The maximum atomic E-state index is 13.4. The number of amidine groups is 1. The largest absolute Gasteiger partial charge is 0.361 e. The zero-order valence-corrected chi connectivity index (χ0v) is 20.4. The Labute approximate surface area is 212 Å². The molecule has 0 saturated carbocycles. The maximum Gasteiger partial charge on any atom is 0.242 e. The van der Waals surface area contributed by atoms with Gasteiger partial charge in [0.1, 0.15) is 5.25 Å². The van der Waals surface area contributed by atoms with Gasteiger partial charge in [0.05, 0.1) is 10.7 Å². The van der Waals surface area contributed by atoms with E-state index in [4.69, 9.17) is 16.6 Å². The lowest BCUT2D eigenvalue weighted by Gasteiger charge is -2.16. The van der Waals surface area contributed by atoms with Crippen LogP contribution in [0.1, 0.15) is 12.0 Å². The second-order valence-electron chi connectivity index (χ2n) is 8.17. The summed E-state index contributed by atoms with van der Waals surface area (Å²) in [6.07, 6.45) is 2.69. The molecule has 2 heterocycles. The van der Waals surface area contributed by atoms with Crippen LogP contribution in [0.15, 0.2) is 90.1 Å². The number of anilines is 1. The number of carbonyl (C=O) groups excluding carboxylic acids is 2. The molecule has 1 saturated heterocycles. The Morgan fingerprint density at radius 1 is 1.03 bits per heavy atom. The number of aromatic amines is 1. The molecule has 1 atom stereocenters. The molecule has 8 heteroatoms. The van der Waals surface area contributed by atoms with Gasteiger partial charge in [-0.15, -0.1) is 0 Å². The highest BCUT2D eigenvalue weighted by Crippen LogP contribution is 2.34. The van der Waals surface area contributed by atoms with Crippen LogP contribution >= 0.6 is 23.4 Å². The molecule has 0 spiro atoms. The summed E-state index contributed by atoms with van der Waals surface area (Å²) in [4.78, 5) is 35.7. The Morgan fingerprint density at radius 3 is 2.60 bits per heavy atom. The van der Waals surface area contributed by atoms with Crippen molar-refractivity contribution in [2.45, 2.75) is 18.1 Å². The third-order valence-corrected chi connectivity index (χ3v) is 7.29. The Balaban J connectivity index is 1.36. The van der Waals surface area contributed by atoms with Crippen LogP contribution in [-0.4, -0.2) is 38.7 Å². The molecule has 3 aromatic carbocycles. The van der Waals surface area contributed by atoms with E-state index in [1.165, 1.54) is 11.8 Å². The van der Waals surface area contributed by atoms with Crippen LogP contribution in [0.5, 0.6) is 0 Å². The van der Waals surface area contributed by atoms with Crippen molar-refractivity contribution in [2.75, 3.05) is 11.9 Å². The van der Waals surface area contributed by atoms with E-state index in [9.17, 15) is 9.59 Å². The first-order valence-electron chi connectivity index (χ1n) is 11.3. The third-order valence-electron chi connectivity index (χ3n) is 5.80. The molecule has 0 aliphatic carbocycles. The normalized spacial score (nSPS) is 16.8. The number of nitrogens with one attached hydrogen (secondary N) is 2. The molecule has 0 radical (unpaired) electrons. The fourth-order valence-electron chi connectivity index (χ4n) is 4.05. The minimum Gasteiger partial charge on any atom is -0.361 e. The number of thioether (sulfide) groups is 1. The van der Waals surface area contributed by atoms with Gasteiger partial charge in [-0.2, -0.15) is 0 Å². The molecule has 2 amide bonds. The van der Waals surface area contributed by atoms with E-state index >= 15 is 0 Å². The van der Waals surface area contributed by atoms with Crippen LogP contribution in [-0.2, 0) is 16.0 Å². The van der Waals surface area contributed by atoms with Crippen LogP contribution in [0.2, 0.25) is 5.02 Å². The number of aliphatic imine (C=N–C) groups is 1. The van der Waals surface area contributed by atoms with E-state index in [2.05, 4.69) is 16.4 Å². The summed E-state index contributed by atoms with van der Waals surface area (Å²) in [5, 5.41) is 4.51. The summed E-state index contributed by atoms with van der Waals surface area (Å²) in [6.45, 7) is 0.452. The number of para-hydroxylation sites is 3. The number of hydrogen-bond donors (Lipinski definition) is 2. The summed E-state index contributed by atoms with van der Waals surface area (Å²) in [5.41, 5.74) is 3.48. The van der Waals surface area contributed by atoms with Gasteiger partial charge in [-0.1, -0.05) is 71.9 Å². The van der Waals surface area contributed by atoms with E-state index in [0.29, 0.717) is 34.5 Å². The molecule has 1 aliphatic rings. The number of amides is 2. The number of aromatic nitrogens is 1. The zero-order valence-electron chi connectivity index (χ0n) is 18.8. The number of rotatable bonds is 7. The first-order valence-corrected chi connectivity index (χ1v) is 12.6. The number of H-pyrrole nitrogens is 1. The molecule has 6 nitrogen and oxygen atoms in total. The van der Waals surface area contributed by atoms with E-state index in [-0.39, 0.29) is 18.2 Å². The van der Waals surface area contributed by atoms with Gasteiger partial charge in [-0.25, -0.2) is 4.99 Å². The fraction of sp³-hybridized carbons (Fsp3) is 0.148. The topological polar surface area (TPSA) is 77.6 Å². The van der Waals surface area contributed by atoms with Crippen LogP contribution in [0.3, 0.4) is 0 Å². The molecular weight excluding hydrogens is 480 g/mol. The number of benzene rings is 3. The summed E-state index contributed by atoms with van der Waals surface area (Å²) in [7, 11) is 0. The van der Waals surface area contributed by atoms with Gasteiger partial charge >= 0.3 is 0 Å². The monoisotopic (exact) mass is 502 g/mol. The van der Waals surface area contributed by atoms with Crippen molar-refractivity contribution in [1.82, 2.24) is 9.88 Å². The molecule has 176 valence electrons. The van der Waals surface area contributed by atoms with E-state index in [1.807, 2.05) is 72.9 Å². The summed E-state index contributed by atoms with van der Waals surface area (Å²) in [5.74, 6) is -0.332. The first kappa shape index (κ1) is 23.2. The van der Waals surface area contributed by atoms with Gasteiger partial charge in [0, 0.05) is 35.8 Å². The highest BCUT2D eigenvalue weighted by atomic mass is 35.5. The summed E-state index contributed by atoms with van der Waals surface area (Å²) in [6, 6.07) is 24.6. The molecular formula is C27H23ClN4O2S. The SMILES string of the molecule is O=C(C[C@@H]1SC(=Nc2ccccc2Cl)N(CCc2c[nH]c3ccccc23)C1=O)Nc1ccccc1. The lowest BCUT2D eigenvalue weighted by Crippen LogP contribution is -2.35. The van der Waals surface area contributed by atoms with Gasteiger partial charge in [0.25, 0.3) is 0 Å². The number of nitrogens with zero attached hydrogens (tertiary/aromatic N) is 2. The smallest absolute Gasteiger partial charge is 0.242 e. The predicted molar refractivity (Wildman–Crippen MR) is 143 cm³/mol. The minimum absolute atomic E-state index is 0.0590.